The first-order chi connectivity index (χ1) is 31.6. The molecule has 0 fully saturated rings. The minimum absolute atomic E-state index is 0.140. The fraction of sp³-hybridized carbons (Fsp3) is 0.600. The van der Waals surface area contributed by atoms with E-state index >= 15 is 0 Å². The number of esters is 2. The molecule has 10 heteroatoms. The number of carbonyl (C=O) groups is 2. The van der Waals surface area contributed by atoms with Gasteiger partial charge in [-0.2, -0.15) is 0 Å². The molecule has 0 radical (unpaired) electrons. The number of nitrogens with zero attached hydrogens (tertiary/aromatic N) is 2. The van der Waals surface area contributed by atoms with Gasteiger partial charge in [-0.1, -0.05) is 143 Å². The number of aromatic amines is 2. The van der Waals surface area contributed by atoms with Crippen LogP contribution >= 0.6 is 0 Å². The molecule has 65 heavy (non-hydrogen) atoms. The maximum absolute atomic E-state index is 13.6. The van der Waals surface area contributed by atoms with Gasteiger partial charge in [0.2, 0.25) is 0 Å². The van der Waals surface area contributed by atoms with E-state index in [1.807, 2.05) is 38.1 Å². The molecule has 3 aromatic heterocycles. The molecule has 5 heterocycles. The summed E-state index contributed by atoms with van der Waals surface area (Å²) in [5, 5.41) is 22.6. The number of nitrogens with one attached hydrogen (secondary N) is 2. The van der Waals surface area contributed by atoms with Crippen molar-refractivity contribution in [3.63, 3.8) is 0 Å². The van der Waals surface area contributed by atoms with E-state index in [2.05, 4.69) is 37.3 Å². The van der Waals surface area contributed by atoms with Gasteiger partial charge in [-0.25, -0.2) is 4.98 Å². The van der Waals surface area contributed by atoms with Crippen molar-refractivity contribution < 1.29 is 29.3 Å². The molecule has 6 rings (SSSR count). The Bertz CT molecular complexity index is 2320. The smallest absolute Gasteiger partial charge is 0.316 e. The van der Waals surface area contributed by atoms with Gasteiger partial charge in [0.1, 0.15) is 5.92 Å². The minimum atomic E-state index is -1.19. The van der Waals surface area contributed by atoms with Gasteiger partial charge in [0.05, 0.1) is 43.5 Å². The molecule has 1 aliphatic carbocycles. The maximum atomic E-state index is 13.6. The zero-order chi connectivity index (χ0) is 46.5. The summed E-state index contributed by atoms with van der Waals surface area (Å²) in [5.41, 5.74) is 11.5. The third-order valence-electron chi connectivity index (χ3n) is 14.5. The highest BCUT2D eigenvalue weighted by Crippen LogP contribution is 2.52. The number of rotatable bonds is 26. The number of H-pyrrole nitrogens is 2. The predicted molar refractivity (Wildman–Crippen MR) is 265 cm³/mol. The molecule has 4 atom stereocenters. The summed E-state index contributed by atoms with van der Waals surface area (Å²) in [5.74, 6) is -2.23. The van der Waals surface area contributed by atoms with Gasteiger partial charge in [-0.05, 0) is 68.0 Å². The summed E-state index contributed by atoms with van der Waals surface area (Å²) >= 11 is 0. The Balaban J connectivity index is 1.14. The second-order valence-electron chi connectivity index (χ2n) is 18.9. The lowest BCUT2D eigenvalue weighted by atomic mass is 9.84. The quantitative estimate of drug-likeness (QED) is 0.0459. The Labute approximate surface area is 388 Å². The number of carbonyl (C=O) groups excluding carboxylic acids is 2. The Morgan fingerprint density at radius 1 is 0.785 bits per heavy atom. The molecule has 4 N–H and O–H groups in total. The second-order valence-corrected chi connectivity index (χ2v) is 18.9. The number of aliphatic hydroxyl groups excluding tert-OH is 2. The van der Waals surface area contributed by atoms with Crippen LogP contribution in [0.4, 0.5) is 0 Å². The van der Waals surface area contributed by atoms with Crippen molar-refractivity contribution in [1.29, 1.82) is 0 Å². The molecular formula is C55H78N4O6. The molecule has 3 aliphatic rings. The summed E-state index contributed by atoms with van der Waals surface area (Å²) in [6, 6.07) is 6.02. The topological polar surface area (TPSA) is 150 Å². The monoisotopic (exact) mass is 891 g/mol. The fourth-order valence-electron chi connectivity index (χ4n) is 10.6. The third kappa shape index (κ3) is 11.7. The van der Waals surface area contributed by atoms with Crippen molar-refractivity contribution in [2.45, 2.75) is 200 Å². The summed E-state index contributed by atoms with van der Waals surface area (Å²) in [7, 11) is 1.33. The van der Waals surface area contributed by atoms with Gasteiger partial charge in [0, 0.05) is 68.3 Å². The normalized spacial score (nSPS) is 17.8. The Hall–Kier alpha value is -4.54. The molecule has 2 aliphatic heterocycles. The molecule has 10 nitrogen and oxygen atoms in total. The first-order valence-corrected chi connectivity index (χ1v) is 25.2. The zero-order valence-corrected chi connectivity index (χ0v) is 40.5. The molecule has 354 valence electrons. The Kier molecular flexibility index (Phi) is 18.6. The van der Waals surface area contributed by atoms with Crippen LogP contribution < -0.4 is 0 Å². The molecule has 0 saturated carbocycles. The number of allylic oxidation sites excluding steroid dienone is 1. The minimum Gasteiger partial charge on any atom is -0.468 e. The summed E-state index contributed by atoms with van der Waals surface area (Å²) < 4.78 is 11.1. The number of hydrogen-bond acceptors (Lipinski definition) is 8. The Morgan fingerprint density at radius 2 is 1.37 bits per heavy atom. The summed E-state index contributed by atoms with van der Waals surface area (Å²) in [6.07, 6.45) is 25.5. The predicted octanol–water partition coefficient (Wildman–Crippen LogP) is 13.1. The largest absolute Gasteiger partial charge is 0.468 e. The van der Waals surface area contributed by atoms with Crippen molar-refractivity contribution in [1.82, 2.24) is 19.9 Å². The average Bonchev–Trinajstić information content (AvgIpc) is 4.06. The van der Waals surface area contributed by atoms with Gasteiger partial charge in [0.15, 0.2) is 0 Å². The van der Waals surface area contributed by atoms with Gasteiger partial charge in [-0.15, -0.1) is 0 Å². The van der Waals surface area contributed by atoms with Crippen molar-refractivity contribution in [3.8, 4) is 0 Å². The van der Waals surface area contributed by atoms with Crippen molar-refractivity contribution in [2.24, 2.45) is 0 Å². The van der Waals surface area contributed by atoms with Crippen LogP contribution in [0, 0.1) is 6.92 Å². The van der Waals surface area contributed by atoms with Gasteiger partial charge < -0.3 is 29.7 Å². The standard InChI is InChI=1S/C55H78N4O6/c1-8-11-12-13-14-15-16-17-18-19-20-21-22-23-24-25-26-27-30-65-48(61)29-28-40-36(5)43-31-42-35(4)38(9-2)45(56-42)33-47-41(34-60)39(10-3)46(57-47)32-44-37(6)49-53(59-44)50(52(40)58-43)51(54(49)62)55(63)64-7/h9,31-33,36,40,51,54,56-57,60,62H,2,8,10-30,34H2,1,3-7H3/t36-,40-,51+,54?/m0/s1. The third-order valence-corrected chi connectivity index (χ3v) is 14.5. The number of methoxy groups -OCH3 is 1. The highest BCUT2D eigenvalue weighted by Gasteiger charge is 2.48. The molecule has 0 spiro atoms. The Morgan fingerprint density at radius 3 is 1.94 bits per heavy atom. The number of aryl methyl sites for hydroxylation is 2. The number of aliphatic hydroxyl groups is 2. The van der Waals surface area contributed by atoms with Crippen molar-refractivity contribution in [2.75, 3.05) is 13.7 Å². The van der Waals surface area contributed by atoms with Gasteiger partial charge in [0.25, 0.3) is 0 Å². The number of unbranched alkanes of at least 4 members (excludes halogenated alkanes) is 17. The molecule has 3 aromatic rings. The van der Waals surface area contributed by atoms with Gasteiger partial charge >= 0.3 is 11.9 Å². The van der Waals surface area contributed by atoms with Crippen molar-refractivity contribution >= 4 is 51.2 Å². The molecule has 0 saturated heterocycles. The van der Waals surface area contributed by atoms with Gasteiger partial charge in [-0.3, -0.25) is 14.6 Å². The number of ether oxygens (including phenoxy) is 2. The van der Waals surface area contributed by atoms with Crippen LogP contribution in [0.15, 0.2) is 24.8 Å². The van der Waals surface area contributed by atoms with Crippen LogP contribution in [0.3, 0.4) is 0 Å². The highest BCUT2D eigenvalue weighted by molar-refractivity contribution is 6.02. The molecule has 1 unspecified atom stereocenters. The van der Waals surface area contributed by atoms with Crippen LogP contribution in [0.25, 0.3) is 39.3 Å². The van der Waals surface area contributed by atoms with Crippen LogP contribution in [-0.4, -0.2) is 61.9 Å². The van der Waals surface area contributed by atoms with Crippen LogP contribution in [0.1, 0.15) is 224 Å². The molecule has 0 aromatic carbocycles. The molecule has 0 amide bonds. The number of hydrogen-bond donors (Lipinski definition) is 4. The first kappa shape index (κ1) is 49.9. The fourth-order valence-corrected chi connectivity index (χ4v) is 10.6. The van der Waals surface area contributed by atoms with E-state index in [0.29, 0.717) is 47.7 Å². The summed E-state index contributed by atoms with van der Waals surface area (Å²) in [4.78, 5) is 44.5. The molecular weight excluding hydrogens is 813 g/mol. The van der Waals surface area contributed by atoms with E-state index in [1.165, 1.54) is 103 Å². The van der Waals surface area contributed by atoms with E-state index in [-0.39, 0.29) is 30.8 Å². The van der Waals surface area contributed by atoms with E-state index in [0.717, 1.165) is 74.9 Å². The number of aromatic nitrogens is 4. The number of fused-ring (bicyclic) bond motifs is 8. The SMILES string of the molecule is C=Cc1c(C)c2cc3nc(c4c5nc(cc6[nH]c(cc1[nH]2)c(CO)c6CC)C(C)=C5C(O)[C@@H]4C(=O)OC)[C@@H](CCC(=O)OCCCCCCCCCCCCCCCCCCCC)[C@@H]3C. The van der Waals surface area contributed by atoms with Crippen LogP contribution in [-0.2, 0) is 32.1 Å². The van der Waals surface area contributed by atoms with Crippen molar-refractivity contribution in [3.05, 3.63) is 75.4 Å². The average molecular weight is 891 g/mol. The molecule has 8 bridgehead atoms. The van der Waals surface area contributed by atoms with Crippen LogP contribution in [0.2, 0.25) is 0 Å². The van der Waals surface area contributed by atoms with E-state index < -0.39 is 18.0 Å². The van der Waals surface area contributed by atoms with Crippen LogP contribution in [0.5, 0.6) is 0 Å². The second kappa shape index (κ2) is 24.3. The highest BCUT2D eigenvalue weighted by atomic mass is 16.5. The zero-order valence-electron chi connectivity index (χ0n) is 40.5. The summed E-state index contributed by atoms with van der Waals surface area (Å²) in [6.45, 7) is 14.8. The lowest BCUT2D eigenvalue weighted by Gasteiger charge is -2.20. The maximum Gasteiger partial charge on any atom is 0.316 e. The van der Waals surface area contributed by atoms with E-state index in [9.17, 15) is 19.8 Å². The first-order valence-electron chi connectivity index (χ1n) is 25.2. The lowest BCUT2D eigenvalue weighted by molar-refractivity contribution is -0.145. The lowest BCUT2D eigenvalue weighted by Crippen LogP contribution is -2.24. The van der Waals surface area contributed by atoms with E-state index in [1.54, 1.807) is 0 Å². The van der Waals surface area contributed by atoms with E-state index in [4.69, 9.17) is 19.4 Å².